The first-order valence-corrected chi connectivity index (χ1v) is 3.18. The van der Waals surface area contributed by atoms with E-state index in [1.165, 1.54) is 0 Å². The normalized spacial score (nSPS) is 14.3. The summed E-state index contributed by atoms with van der Waals surface area (Å²) < 4.78 is 10.0. The van der Waals surface area contributed by atoms with Gasteiger partial charge in [0.2, 0.25) is 6.29 Å². The van der Waals surface area contributed by atoms with Gasteiger partial charge in [0, 0.05) is 6.42 Å². The Kier molecular flexibility index (Phi) is 11.2. The molecule has 2 nitrogen and oxygen atoms in total. The molecule has 0 N–H and O–H groups in total. The van der Waals surface area contributed by atoms with Gasteiger partial charge in [0.25, 0.3) is 0 Å². The van der Waals surface area contributed by atoms with Crippen molar-refractivity contribution in [2.75, 3.05) is 0 Å². The summed E-state index contributed by atoms with van der Waals surface area (Å²) in [6.07, 6.45) is 6.07. The molecule has 0 aromatic rings. The number of halogens is 1. The molecule has 11 heavy (non-hydrogen) atoms. The van der Waals surface area contributed by atoms with Gasteiger partial charge in [-0.15, -0.1) is 0 Å². The van der Waals surface area contributed by atoms with Crippen LogP contribution in [0.5, 0.6) is 0 Å². The van der Waals surface area contributed by atoms with Crippen LogP contribution in [0.1, 0.15) is 19.3 Å². The van der Waals surface area contributed by atoms with Crippen LogP contribution in [0, 0.1) is 6.92 Å². The fourth-order valence-electron chi connectivity index (χ4n) is 0.719. The Labute approximate surface area is 94.2 Å². The summed E-state index contributed by atoms with van der Waals surface area (Å²) in [5.74, 6) is 0. The summed E-state index contributed by atoms with van der Waals surface area (Å²) >= 11 is 0. The summed E-state index contributed by atoms with van der Waals surface area (Å²) in [5.41, 5.74) is 0. The molecule has 0 bridgehead atoms. The van der Waals surface area contributed by atoms with Crippen LogP contribution in [0.3, 0.4) is 0 Å². The summed E-state index contributed by atoms with van der Waals surface area (Å²) in [6, 6.07) is 0. The molecular weight excluding hydrogens is 220 g/mol. The topological polar surface area (TPSA) is 18.5 Å². The number of hydrogen-bond donors (Lipinski definition) is 0. The van der Waals surface area contributed by atoms with Crippen molar-refractivity contribution in [2.45, 2.75) is 25.6 Å². The number of unbranched alkanes of at least 4 members (excludes halogenated alkanes) is 1. The van der Waals surface area contributed by atoms with Gasteiger partial charge in [-0.3, -0.25) is 0 Å². The molecule has 0 atom stereocenters. The van der Waals surface area contributed by atoms with Gasteiger partial charge in [-0.2, -0.15) is 6.42 Å². The van der Waals surface area contributed by atoms with Crippen molar-refractivity contribution >= 4 is 23.1 Å². The monoisotopic (exact) mass is 230 g/mol. The van der Waals surface area contributed by atoms with Gasteiger partial charge in [0.15, 0.2) is 0 Å². The molecule has 60 valence electrons. The first-order valence-electron chi connectivity index (χ1n) is 3.18. The van der Waals surface area contributed by atoms with Gasteiger partial charge < -0.3 is 33.4 Å². The Bertz CT molecular complexity index is 101. The largest absolute Gasteiger partial charge is 2.00 e. The predicted molar refractivity (Wildman–Crippen MR) is 40.1 cm³/mol. The fourth-order valence-corrected chi connectivity index (χ4v) is 0.719. The summed E-state index contributed by atoms with van der Waals surface area (Å²) in [7, 11) is 0. The maximum absolute atomic E-state index is 5.02. The van der Waals surface area contributed by atoms with E-state index in [0.717, 1.165) is 19.3 Å². The van der Waals surface area contributed by atoms with Gasteiger partial charge in [0.05, 0.1) is 0 Å². The molecule has 0 radical (unpaired) electrons. The summed E-state index contributed by atoms with van der Waals surface area (Å²) in [4.78, 5) is 0. The minimum Gasteiger partial charge on any atom is -1.00 e. The molecule has 1 aliphatic heterocycles. The average molecular weight is 231 g/mol. The van der Waals surface area contributed by atoms with E-state index in [1.807, 2.05) is 0 Å². The SMILES string of the molecule is [Br-].[CH2-]CCCC1OC=CO1.[Mg+2]. The number of ether oxygens (including phenoxy) is 2. The molecule has 1 heterocycles. The van der Waals surface area contributed by atoms with Gasteiger partial charge in [-0.1, -0.05) is 6.42 Å². The molecule has 4 heteroatoms. The minimum absolute atomic E-state index is 0. The molecular formula is C7H11BrMgO2. The Balaban J connectivity index is 0. The van der Waals surface area contributed by atoms with Crippen molar-refractivity contribution in [1.29, 1.82) is 0 Å². The van der Waals surface area contributed by atoms with E-state index < -0.39 is 0 Å². The third-order valence-electron chi connectivity index (χ3n) is 1.21. The Hall–Kier alpha value is 0.586. The Morgan fingerprint density at radius 2 is 1.82 bits per heavy atom. The second-order valence-electron chi connectivity index (χ2n) is 1.97. The summed E-state index contributed by atoms with van der Waals surface area (Å²) in [6.45, 7) is 3.72. The predicted octanol–water partition coefficient (Wildman–Crippen LogP) is -1.54. The van der Waals surface area contributed by atoms with Crippen molar-refractivity contribution in [3.05, 3.63) is 19.4 Å². The van der Waals surface area contributed by atoms with Gasteiger partial charge in [-0.25, -0.2) is 0 Å². The third kappa shape index (κ3) is 5.81. The van der Waals surface area contributed by atoms with Crippen molar-refractivity contribution < 1.29 is 26.5 Å². The first-order chi connectivity index (χ1) is 4.43. The van der Waals surface area contributed by atoms with Gasteiger partial charge >= 0.3 is 23.1 Å². The molecule has 0 saturated carbocycles. The zero-order valence-electron chi connectivity index (χ0n) is 6.46. The molecule has 0 aliphatic carbocycles. The first kappa shape index (κ1) is 14.1. The third-order valence-corrected chi connectivity index (χ3v) is 1.21. The van der Waals surface area contributed by atoms with Crippen LogP contribution in [-0.4, -0.2) is 29.3 Å². The smallest absolute Gasteiger partial charge is 1.00 e. The maximum atomic E-state index is 5.02. The number of rotatable bonds is 3. The minimum atomic E-state index is -0.0354. The standard InChI is InChI=1S/C7H11O2.BrH.Mg/c1-2-3-4-7-8-5-6-9-7;;/h5-7H,1-4H2;1H;/q-1;;+2/p-1. The number of hydrogen-bond acceptors (Lipinski definition) is 2. The van der Waals surface area contributed by atoms with Crippen LogP contribution in [0.15, 0.2) is 12.5 Å². The van der Waals surface area contributed by atoms with Gasteiger partial charge in [-0.05, 0) is 0 Å². The quantitative estimate of drug-likeness (QED) is 0.433. The van der Waals surface area contributed by atoms with Crippen LogP contribution in [0.2, 0.25) is 0 Å². The van der Waals surface area contributed by atoms with Crippen LogP contribution in [-0.2, 0) is 9.47 Å². The van der Waals surface area contributed by atoms with Crippen LogP contribution in [0.25, 0.3) is 0 Å². The zero-order chi connectivity index (χ0) is 6.53. The molecule has 1 rings (SSSR count). The van der Waals surface area contributed by atoms with Crippen LogP contribution in [0.4, 0.5) is 0 Å². The molecule has 1 aliphatic rings. The van der Waals surface area contributed by atoms with Crippen molar-refractivity contribution in [2.24, 2.45) is 0 Å². The van der Waals surface area contributed by atoms with Crippen molar-refractivity contribution in [3.63, 3.8) is 0 Å². The fraction of sp³-hybridized carbons (Fsp3) is 0.571. The van der Waals surface area contributed by atoms with Crippen molar-refractivity contribution in [3.8, 4) is 0 Å². The molecule has 0 spiro atoms. The van der Waals surface area contributed by atoms with Crippen LogP contribution < -0.4 is 17.0 Å². The van der Waals surface area contributed by atoms with E-state index in [2.05, 4.69) is 6.92 Å². The molecule has 0 unspecified atom stereocenters. The maximum Gasteiger partial charge on any atom is 2.00 e. The second-order valence-corrected chi connectivity index (χ2v) is 1.97. The van der Waals surface area contributed by atoms with E-state index in [4.69, 9.17) is 9.47 Å². The van der Waals surface area contributed by atoms with Crippen LogP contribution >= 0.6 is 0 Å². The van der Waals surface area contributed by atoms with Crippen molar-refractivity contribution in [1.82, 2.24) is 0 Å². The van der Waals surface area contributed by atoms with E-state index >= 15 is 0 Å². The van der Waals surface area contributed by atoms with E-state index in [-0.39, 0.29) is 46.3 Å². The van der Waals surface area contributed by atoms with E-state index in [0.29, 0.717) is 0 Å². The second kappa shape index (κ2) is 8.68. The van der Waals surface area contributed by atoms with Gasteiger partial charge in [0.1, 0.15) is 12.5 Å². The average Bonchev–Trinajstić information content (AvgIpc) is 2.34. The molecule has 0 fully saturated rings. The Morgan fingerprint density at radius 3 is 2.27 bits per heavy atom. The van der Waals surface area contributed by atoms with E-state index in [9.17, 15) is 0 Å². The summed E-state index contributed by atoms with van der Waals surface area (Å²) in [5, 5.41) is 0. The Morgan fingerprint density at radius 1 is 1.27 bits per heavy atom. The molecule has 0 aromatic carbocycles. The molecule has 0 aromatic heterocycles. The molecule has 0 saturated heterocycles. The molecule has 0 amide bonds. The zero-order valence-corrected chi connectivity index (χ0v) is 9.46. The van der Waals surface area contributed by atoms with E-state index in [1.54, 1.807) is 12.5 Å².